The first-order valence-electron chi connectivity index (χ1n) is 9.71. The molecule has 0 atom stereocenters. The lowest BCUT2D eigenvalue weighted by Crippen LogP contribution is -2.46. The van der Waals surface area contributed by atoms with Gasteiger partial charge in [-0.15, -0.1) is 24.0 Å². The topological polar surface area (TPSA) is 76.1 Å². The number of esters is 1. The predicted molar refractivity (Wildman–Crippen MR) is 117 cm³/mol. The van der Waals surface area contributed by atoms with Gasteiger partial charge >= 0.3 is 12.1 Å². The molecule has 1 aliphatic rings. The fraction of sp³-hybridized carbons (Fsp3) is 0.632. The second kappa shape index (κ2) is 12.8. The molecule has 1 aromatic heterocycles. The molecule has 11 heteroatoms. The second-order valence-electron chi connectivity index (χ2n) is 6.45. The van der Waals surface area contributed by atoms with Crippen molar-refractivity contribution in [3.63, 3.8) is 0 Å². The fourth-order valence-electron chi connectivity index (χ4n) is 3.03. The zero-order valence-electron chi connectivity index (χ0n) is 17.1. The third kappa shape index (κ3) is 7.80. The molecule has 2 rings (SSSR count). The summed E-state index contributed by atoms with van der Waals surface area (Å²) in [7, 11) is 0. The van der Waals surface area contributed by atoms with Crippen LogP contribution in [0.2, 0.25) is 0 Å². The van der Waals surface area contributed by atoms with Crippen molar-refractivity contribution in [3.8, 4) is 5.88 Å². The van der Waals surface area contributed by atoms with Gasteiger partial charge in [-0.1, -0.05) is 0 Å². The third-order valence-corrected chi connectivity index (χ3v) is 4.42. The van der Waals surface area contributed by atoms with Gasteiger partial charge in [-0.3, -0.25) is 4.79 Å². The number of pyridine rings is 1. The van der Waals surface area contributed by atoms with Crippen LogP contribution in [0.1, 0.15) is 32.3 Å². The summed E-state index contributed by atoms with van der Waals surface area (Å²) in [5.41, 5.74) is -0.906. The molecule has 0 spiro atoms. The molecule has 0 saturated carbocycles. The van der Waals surface area contributed by atoms with E-state index in [0.29, 0.717) is 45.0 Å². The molecule has 7 nitrogen and oxygen atoms in total. The molecule has 170 valence electrons. The van der Waals surface area contributed by atoms with Gasteiger partial charge in [-0.05, 0) is 38.8 Å². The summed E-state index contributed by atoms with van der Waals surface area (Å²) in [4.78, 5) is 22.0. The molecule has 1 aliphatic heterocycles. The number of guanidine groups is 1. The number of aromatic nitrogens is 1. The molecule has 0 radical (unpaired) electrons. The lowest BCUT2D eigenvalue weighted by atomic mass is 9.97. The Hall–Kier alpha value is -1.79. The number of piperidine rings is 1. The summed E-state index contributed by atoms with van der Waals surface area (Å²) in [6.07, 6.45) is -1.93. The van der Waals surface area contributed by atoms with E-state index >= 15 is 0 Å². The molecule has 1 aromatic rings. The van der Waals surface area contributed by atoms with Gasteiger partial charge in [0.05, 0.1) is 19.1 Å². The van der Waals surface area contributed by atoms with E-state index in [1.807, 2.05) is 11.8 Å². The Morgan fingerprint density at radius 3 is 2.63 bits per heavy atom. The minimum atomic E-state index is -4.52. The Balaban J connectivity index is 0.00000450. The number of likely N-dealkylation sites (tertiary alicyclic amines) is 1. The standard InChI is InChI=1S/C19H27F3N4O3.HI/c1-3-23-18(26-11-7-14(8-12-26)17(27)28-4-2)25-10-13-29-16-15(19(20,21)22)6-5-9-24-16;/h5-6,9,14H,3-4,7-8,10-13H2,1-2H3,(H,23,25);1H. The molecule has 0 aliphatic carbocycles. The number of hydrogen-bond donors (Lipinski definition) is 1. The molecule has 1 saturated heterocycles. The van der Waals surface area contributed by atoms with Crippen molar-refractivity contribution in [1.82, 2.24) is 15.2 Å². The molecular weight excluding hydrogens is 516 g/mol. The number of nitrogens with zero attached hydrogens (tertiary/aromatic N) is 3. The fourth-order valence-corrected chi connectivity index (χ4v) is 3.03. The number of carbonyl (C=O) groups is 1. The number of aliphatic imine (C=N–C) groups is 1. The van der Waals surface area contributed by atoms with Crippen molar-refractivity contribution in [2.24, 2.45) is 10.9 Å². The normalized spacial score (nSPS) is 15.4. The lowest BCUT2D eigenvalue weighted by Gasteiger charge is -2.33. The van der Waals surface area contributed by atoms with Crippen LogP contribution in [0.4, 0.5) is 13.2 Å². The van der Waals surface area contributed by atoms with Gasteiger partial charge in [0, 0.05) is 25.8 Å². The van der Waals surface area contributed by atoms with Gasteiger partial charge in [0.2, 0.25) is 5.88 Å². The largest absolute Gasteiger partial charge is 0.475 e. The van der Waals surface area contributed by atoms with Crippen LogP contribution in [0, 0.1) is 5.92 Å². The third-order valence-electron chi connectivity index (χ3n) is 4.42. The Labute approximate surface area is 191 Å². The van der Waals surface area contributed by atoms with Crippen molar-refractivity contribution in [1.29, 1.82) is 0 Å². The molecule has 1 N–H and O–H groups in total. The van der Waals surface area contributed by atoms with E-state index in [0.717, 1.165) is 6.07 Å². The van der Waals surface area contributed by atoms with E-state index < -0.39 is 17.6 Å². The van der Waals surface area contributed by atoms with Gasteiger partial charge in [0.25, 0.3) is 0 Å². The summed E-state index contributed by atoms with van der Waals surface area (Å²) in [5.74, 6) is -0.0772. The zero-order chi connectivity index (χ0) is 21.3. The minimum absolute atomic E-state index is 0. The quantitative estimate of drug-likeness (QED) is 0.187. The van der Waals surface area contributed by atoms with Gasteiger partial charge in [-0.2, -0.15) is 13.2 Å². The lowest BCUT2D eigenvalue weighted by molar-refractivity contribution is -0.149. The first kappa shape index (κ1) is 26.2. The van der Waals surface area contributed by atoms with Crippen LogP contribution in [0.25, 0.3) is 0 Å². The van der Waals surface area contributed by atoms with Crippen molar-refractivity contribution in [2.45, 2.75) is 32.9 Å². The van der Waals surface area contributed by atoms with Crippen LogP contribution in [-0.2, 0) is 15.7 Å². The summed E-state index contributed by atoms with van der Waals surface area (Å²) in [6.45, 7) is 6.17. The smallest absolute Gasteiger partial charge is 0.421 e. The van der Waals surface area contributed by atoms with E-state index in [4.69, 9.17) is 9.47 Å². The predicted octanol–water partition coefficient (Wildman–Crippen LogP) is 3.34. The number of ether oxygens (including phenoxy) is 2. The maximum absolute atomic E-state index is 13.0. The molecule has 2 heterocycles. The first-order valence-corrected chi connectivity index (χ1v) is 9.71. The molecular formula is C19H28F3IN4O3. The van der Waals surface area contributed by atoms with Gasteiger partial charge in [0.1, 0.15) is 12.2 Å². The maximum atomic E-state index is 13.0. The van der Waals surface area contributed by atoms with Gasteiger partial charge in [-0.25, -0.2) is 9.98 Å². The van der Waals surface area contributed by atoms with E-state index in [2.05, 4.69) is 15.3 Å². The molecule has 30 heavy (non-hydrogen) atoms. The van der Waals surface area contributed by atoms with Crippen LogP contribution in [0.15, 0.2) is 23.3 Å². The number of nitrogens with one attached hydrogen (secondary N) is 1. The number of halogens is 4. The van der Waals surface area contributed by atoms with Crippen LogP contribution >= 0.6 is 24.0 Å². The molecule has 0 unspecified atom stereocenters. The number of rotatable bonds is 7. The summed E-state index contributed by atoms with van der Waals surface area (Å²) >= 11 is 0. The Morgan fingerprint density at radius 1 is 1.33 bits per heavy atom. The van der Waals surface area contributed by atoms with Crippen LogP contribution in [-0.4, -0.2) is 61.2 Å². The van der Waals surface area contributed by atoms with E-state index in [-0.39, 0.29) is 49.0 Å². The van der Waals surface area contributed by atoms with E-state index in [1.165, 1.54) is 12.3 Å². The van der Waals surface area contributed by atoms with Crippen molar-refractivity contribution in [2.75, 3.05) is 39.4 Å². The Kier molecular flexibility index (Phi) is 11.2. The average molecular weight is 544 g/mol. The van der Waals surface area contributed by atoms with Gasteiger partial charge < -0.3 is 19.7 Å². The maximum Gasteiger partial charge on any atom is 0.421 e. The second-order valence-corrected chi connectivity index (χ2v) is 6.45. The van der Waals surface area contributed by atoms with Crippen LogP contribution in [0.5, 0.6) is 5.88 Å². The zero-order valence-corrected chi connectivity index (χ0v) is 19.4. The number of carbonyl (C=O) groups excluding carboxylic acids is 1. The monoisotopic (exact) mass is 544 g/mol. The Bertz CT molecular complexity index is 696. The highest BCUT2D eigenvalue weighted by atomic mass is 127. The molecule has 0 amide bonds. The van der Waals surface area contributed by atoms with Crippen molar-refractivity contribution >= 4 is 35.9 Å². The van der Waals surface area contributed by atoms with Crippen molar-refractivity contribution in [3.05, 3.63) is 23.9 Å². The molecule has 0 aromatic carbocycles. The summed E-state index contributed by atoms with van der Waals surface area (Å²) in [6, 6.07) is 2.15. The minimum Gasteiger partial charge on any atom is -0.475 e. The summed E-state index contributed by atoms with van der Waals surface area (Å²) < 4.78 is 49.2. The van der Waals surface area contributed by atoms with Crippen LogP contribution < -0.4 is 10.1 Å². The Morgan fingerprint density at radius 2 is 2.03 bits per heavy atom. The molecule has 0 bridgehead atoms. The highest BCUT2D eigenvalue weighted by Crippen LogP contribution is 2.34. The van der Waals surface area contributed by atoms with Crippen molar-refractivity contribution < 1.29 is 27.4 Å². The SMILES string of the molecule is CCNC(=NCCOc1ncccc1C(F)(F)F)N1CCC(C(=O)OCC)CC1.I. The summed E-state index contributed by atoms with van der Waals surface area (Å²) in [5, 5.41) is 3.16. The first-order chi connectivity index (χ1) is 13.9. The van der Waals surface area contributed by atoms with Crippen LogP contribution in [0.3, 0.4) is 0 Å². The average Bonchev–Trinajstić information content (AvgIpc) is 2.70. The van der Waals surface area contributed by atoms with E-state index in [1.54, 1.807) is 6.92 Å². The van der Waals surface area contributed by atoms with E-state index in [9.17, 15) is 18.0 Å². The van der Waals surface area contributed by atoms with Gasteiger partial charge in [0.15, 0.2) is 5.96 Å². The molecule has 1 fully saturated rings. The highest BCUT2D eigenvalue weighted by molar-refractivity contribution is 14.0. The number of alkyl halides is 3. The highest BCUT2D eigenvalue weighted by Gasteiger charge is 2.35. The number of hydrogen-bond acceptors (Lipinski definition) is 5.